The zero-order valence-corrected chi connectivity index (χ0v) is 16.9. The minimum Gasteiger partial charge on any atom is -0.382 e. The summed E-state index contributed by atoms with van der Waals surface area (Å²) in [5.41, 5.74) is 2.89. The van der Waals surface area contributed by atoms with E-state index in [1.54, 1.807) is 26.0 Å². The van der Waals surface area contributed by atoms with Crippen molar-refractivity contribution in [2.75, 3.05) is 10.6 Å². The molecule has 0 bridgehead atoms. The molecule has 6 nitrogen and oxygen atoms in total. The molecule has 2 aromatic carbocycles. The van der Waals surface area contributed by atoms with E-state index in [0.717, 1.165) is 9.13 Å². The monoisotopic (exact) mass is 465 g/mol. The Morgan fingerprint density at radius 1 is 0.962 bits per heavy atom. The molecule has 0 heterocycles. The predicted molar refractivity (Wildman–Crippen MR) is 111 cm³/mol. The third-order valence-electron chi connectivity index (χ3n) is 3.45. The number of halogens is 1. The minimum atomic E-state index is -0.733. The van der Waals surface area contributed by atoms with Gasteiger partial charge in [0.15, 0.2) is 0 Å². The summed E-state index contributed by atoms with van der Waals surface area (Å²) < 4.78 is 1.09. The molecule has 0 saturated carbocycles. The highest BCUT2D eigenvalue weighted by molar-refractivity contribution is 14.1. The van der Waals surface area contributed by atoms with E-state index in [-0.39, 0.29) is 11.8 Å². The normalized spacial score (nSPS) is 12.2. The summed E-state index contributed by atoms with van der Waals surface area (Å²) in [7, 11) is 0. The van der Waals surface area contributed by atoms with Crippen LogP contribution in [0.5, 0.6) is 0 Å². The van der Waals surface area contributed by atoms with Gasteiger partial charge in [-0.15, -0.1) is 0 Å². The lowest BCUT2D eigenvalue weighted by Crippen LogP contribution is -2.26. The van der Waals surface area contributed by atoms with Crippen molar-refractivity contribution < 1.29 is 14.4 Å². The highest BCUT2D eigenvalue weighted by atomic mass is 127. The Labute approximate surface area is 166 Å². The first-order chi connectivity index (χ1) is 12.3. The molecule has 26 heavy (non-hydrogen) atoms. The molecule has 0 saturated heterocycles. The molecular formula is C19H20IN3O3. The van der Waals surface area contributed by atoms with E-state index in [0.29, 0.717) is 17.1 Å². The van der Waals surface area contributed by atoms with Crippen LogP contribution in [0.1, 0.15) is 26.3 Å². The second-order valence-electron chi connectivity index (χ2n) is 5.68. The number of amides is 2. The number of anilines is 2. The number of benzene rings is 2. The van der Waals surface area contributed by atoms with Gasteiger partial charge in [0.2, 0.25) is 12.0 Å². The first-order valence-electron chi connectivity index (χ1n) is 8.00. The first-order valence-corrected chi connectivity index (χ1v) is 9.08. The number of hydrogen-bond donors (Lipinski definition) is 2. The van der Waals surface area contributed by atoms with Crippen molar-refractivity contribution in [1.82, 2.24) is 0 Å². The zero-order valence-electron chi connectivity index (χ0n) is 14.7. The van der Waals surface area contributed by atoms with E-state index in [2.05, 4.69) is 38.4 Å². The Morgan fingerprint density at radius 2 is 1.50 bits per heavy atom. The van der Waals surface area contributed by atoms with Gasteiger partial charge in [-0.05, 0) is 78.4 Å². The summed E-state index contributed by atoms with van der Waals surface area (Å²) in [6.45, 7) is 4.88. The summed E-state index contributed by atoms with van der Waals surface area (Å²) in [5.74, 6) is -0.400. The second kappa shape index (κ2) is 9.33. The Hall–Kier alpha value is -2.42. The van der Waals surface area contributed by atoms with Crippen molar-refractivity contribution in [2.45, 2.75) is 26.9 Å². The summed E-state index contributed by atoms with van der Waals surface area (Å²) >= 11 is 2.20. The maximum absolute atomic E-state index is 12.1. The van der Waals surface area contributed by atoms with Gasteiger partial charge in [0.1, 0.15) is 0 Å². The van der Waals surface area contributed by atoms with Crippen molar-refractivity contribution in [3.8, 4) is 0 Å². The van der Waals surface area contributed by atoms with E-state index in [9.17, 15) is 9.59 Å². The van der Waals surface area contributed by atoms with Gasteiger partial charge >= 0.3 is 0 Å². The standard InChI is InChI=1S/C19H20IN3O3/c1-12(15-4-8-17(9-5-15)21-14(3)24)23-26-13(2)19(25)22-18-10-6-16(20)7-11-18/h4-11,13H,1-3H3,(H,21,24)(H,22,25)/b23-12+. The van der Waals surface area contributed by atoms with Gasteiger partial charge in [-0.1, -0.05) is 17.3 Å². The van der Waals surface area contributed by atoms with Gasteiger partial charge in [0.25, 0.3) is 5.91 Å². The Morgan fingerprint density at radius 3 is 2.08 bits per heavy atom. The number of oxime groups is 1. The molecule has 0 aromatic heterocycles. The van der Waals surface area contributed by atoms with Gasteiger partial charge in [-0.2, -0.15) is 0 Å². The fourth-order valence-corrected chi connectivity index (χ4v) is 2.39. The first kappa shape index (κ1) is 19.9. The molecule has 0 aliphatic rings. The smallest absolute Gasteiger partial charge is 0.267 e. The lowest BCUT2D eigenvalue weighted by Gasteiger charge is -2.11. The third kappa shape index (κ3) is 6.14. The van der Waals surface area contributed by atoms with Gasteiger partial charge < -0.3 is 15.5 Å². The molecule has 1 unspecified atom stereocenters. The van der Waals surface area contributed by atoms with Crippen molar-refractivity contribution in [1.29, 1.82) is 0 Å². The molecule has 2 amide bonds. The summed E-state index contributed by atoms with van der Waals surface area (Å²) in [6.07, 6.45) is -0.733. The maximum atomic E-state index is 12.1. The van der Waals surface area contributed by atoms with Crippen LogP contribution in [0.2, 0.25) is 0 Å². The van der Waals surface area contributed by atoms with Crippen LogP contribution in [0, 0.1) is 3.57 Å². The van der Waals surface area contributed by atoms with E-state index in [1.165, 1.54) is 6.92 Å². The molecule has 136 valence electrons. The molecule has 0 aliphatic heterocycles. The van der Waals surface area contributed by atoms with Crippen LogP contribution in [0.3, 0.4) is 0 Å². The fourth-order valence-electron chi connectivity index (χ4n) is 2.03. The number of hydrogen-bond acceptors (Lipinski definition) is 4. The van der Waals surface area contributed by atoms with Gasteiger partial charge in [0.05, 0.1) is 5.71 Å². The van der Waals surface area contributed by atoms with Gasteiger partial charge in [-0.3, -0.25) is 9.59 Å². The van der Waals surface area contributed by atoms with Crippen molar-refractivity contribution in [2.24, 2.45) is 5.16 Å². The number of carbonyl (C=O) groups excluding carboxylic acids is 2. The summed E-state index contributed by atoms with van der Waals surface area (Å²) in [6, 6.07) is 14.7. The highest BCUT2D eigenvalue weighted by Crippen LogP contribution is 2.13. The van der Waals surface area contributed by atoms with Crippen molar-refractivity contribution in [3.05, 3.63) is 57.7 Å². The summed E-state index contributed by atoms with van der Waals surface area (Å²) in [4.78, 5) is 28.5. The lowest BCUT2D eigenvalue weighted by atomic mass is 10.1. The van der Waals surface area contributed by atoms with E-state index in [4.69, 9.17) is 4.84 Å². The fraction of sp³-hybridized carbons (Fsp3) is 0.211. The highest BCUT2D eigenvalue weighted by Gasteiger charge is 2.14. The predicted octanol–water partition coefficient (Wildman–Crippen LogP) is 4.02. The van der Waals surface area contributed by atoms with Gasteiger partial charge in [-0.25, -0.2) is 0 Å². The van der Waals surface area contributed by atoms with Crippen LogP contribution >= 0.6 is 22.6 Å². The molecule has 0 fully saturated rings. The Kier molecular flexibility index (Phi) is 7.14. The molecular weight excluding hydrogens is 445 g/mol. The lowest BCUT2D eigenvalue weighted by molar-refractivity contribution is -0.126. The van der Waals surface area contributed by atoms with Crippen LogP contribution in [0.15, 0.2) is 53.7 Å². The molecule has 0 spiro atoms. The summed E-state index contributed by atoms with van der Waals surface area (Å²) in [5, 5.41) is 9.51. The molecule has 7 heteroatoms. The number of nitrogens with zero attached hydrogens (tertiary/aromatic N) is 1. The molecule has 2 N–H and O–H groups in total. The van der Waals surface area contributed by atoms with Crippen LogP contribution < -0.4 is 10.6 Å². The van der Waals surface area contributed by atoms with Crippen molar-refractivity contribution >= 4 is 51.5 Å². The topological polar surface area (TPSA) is 79.8 Å². The molecule has 2 rings (SSSR count). The molecule has 0 aliphatic carbocycles. The van der Waals surface area contributed by atoms with Crippen LogP contribution in [0.25, 0.3) is 0 Å². The third-order valence-corrected chi connectivity index (χ3v) is 4.17. The molecule has 0 radical (unpaired) electrons. The zero-order chi connectivity index (χ0) is 19.1. The van der Waals surface area contributed by atoms with Gasteiger partial charge in [0, 0.05) is 21.9 Å². The Bertz CT molecular complexity index is 802. The maximum Gasteiger partial charge on any atom is 0.267 e. The van der Waals surface area contributed by atoms with E-state index >= 15 is 0 Å². The Balaban J connectivity index is 1.93. The number of carbonyl (C=O) groups is 2. The largest absolute Gasteiger partial charge is 0.382 e. The van der Waals surface area contributed by atoms with E-state index < -0.39 is 6.10 Å². The molecule has 1 atom stereocenters. The van der Waals surface area contributed by atoms with Crippen LogP contribution in [-0.4, -0.2) is 23.6 Å². The SMILES string of the molecule is CC(=O)Nc1ccc(/C(C)=N/OC(C)C(=O)Nc2ccc(I)cc2)cc1. The van der Waals surface area contributed by atoms with E-state index in [1.807, 2.05) is 36.4 Å². The van der Waals surface area contributed by atoms with Crippen molar-refractivity contribution in [3.63, 3.8) is 0 Å². The number of nitrogens with one attached hydrogen (secondary N) is 2. The molecule has 2 aromatic rings. The average Bonchev–Trinajstić information content (AvgIpc) is 2.61. The van der Waals surface area contributed by atoms with Crippen LogP contribution in [-0.2, 0) is 14.4 Å². The average molecular weight is 465 g/mol. The second-order valence-corrected chi connectivity index (χ2v) is 6.92. The number of rotatable bonds is 6. The van der Waals surface area contributed by atoms with Crippen LogP contribution in [0.4, 0.5) is 11.4 Å². The minimum absolute atomic E-state index is 0.126. The quantitative estimate of drug-likeness (QED) is 0.384.